The van der Waals surface area contributed by atoms with Crippen LogP contribution in [0.2, 0.25) is 10.0 Å². The minimum absolute atomic E-state index is 0.0899. The summed E-state index contributed by atoms with van der Waals surface area (Å²) >= 11 is 13.7. The molecule has 3 nitrogen and oxygen atoms in total. The van der Waals surface area contributed by atoms with Gasteiger partial charge in [0.05, 0.1) is 10.0 Å². The van der Waals surface area contributed by atoms with Crippen LogP contribution in [0, 0.1) is 0 Å². The molecule has 0 radical (unpaired) electrons. The lowest BCUT2D eigenvalue weighted by Gasteiger charge is -2.19. The van der Waals surface area contributed by atoms with Gasteiger partial charge in [-0.25, -0.2) is 0 Å². The van der Waals surface area contributed by atoms with Crippen molar-refractivity contribution < 1.29 is 9.53 Å². The Morgan fingerprint density at radius 3 is 2.68 bits per heavy atom. The molecule has 0 spiro atoms. The summed E-state index contributed by atoms with van der Waals surface area (Å²) in [6, 6.07) is 11.8. The molecule has 2 aromatic carbocycles. The van der Waals surface area contributed by atoms with E-state index in [1.807, 2.05) is 18.2 Å². The SMILES string of the molecule is C[C@H](Oc1ccc2c(c1)CCCC2)C(=O)NCCSCc1ccc(Cl)c(Cl)c1. The lowest BCUT2D eigenvalue weighted by atomic mass is 9.92. The van der Waals surface area contributed by atoms with Gasteiger partial charge in [0.25, 0.3) is 5.91 Å². The van der Waals surface area contributed by atoms with Crippen LogP contribution in [0.1, 0.15) is 36.5 Å². The molecule has 1 amide bonds. The number of aryl methyl sites for hydroxylation is 2. The normalized spacial score (nSPS) is 14.2. The molecule has 1 N–H and O–H groups in total. The summed E-state index contributed by atoms with van der Waals surface area (Å²) in [7, 11) is 0. The van der Waals surface area contributed by atoms with E-state index in [-0.39, 0.29) is 5.91 Å². The average molecular weight is 438 g/mol. The fourth-order valence-corrected chi connectivity index (χ4v) is 4.38. The lowest BCUT2D eigenvalue weighted by molar-refractivity contribution is -0.127. The molecule has 0 unspecified atom stereocenters. The molecule has 1 aliphatic carbocycles. The summed E-state index contributed by atoms with van der Waals surface area (Å²) in [5.41, 5.74) is 3.89. The van der Waals surface area contributed by atoms with Crippen LogP contribution in [0.25, 0.3) is 0 Å². The topological polar surface area (TPSA) is 38.3 Å². The van der Waals surface area contributed by atoms with Gasteiger partial charge in [-0.15, -0.1) is 0 Å². The third kappa shape index (κ3) is 6.07. The van der Waals surface area contributed by atoms with Crippen LogP contribution in [-0.2, 0) is 23.4 Å². The van der Waals surface area contributed by atoms with Gasteiger partial charge in [-0.1, -0.05) is 35.3 Å². The predicted molar refractivity (Wildman–Crippen MR) is 119 cm³/mol. The third-order valence-electron chi connectivity index (χ3n) is 4.80. The zero-order chi connectivity index (χ0) is 19.9. The number of amides is 1. The quantitative estimate of drug-likeness (QED) is 0.538. The monoisotopic (exact) mass is 437 g/mol. The number of nitrogens with one attached hydrogen (secondary N) is 1. The fraction of sp³-hybridized carbons (Fsp3) is 0.409. The zero-order valence-corrected chi connectivity index (χ0v) is 18.3. The molecule has 6 heteroatoms. The first-order valence-electron chi connectivity index (χ1n) is 9.61. The van der Waals surface area contributed by atoms with E-state index in [0.29, 0.717) is 16.6 Å². The van der Waals surface area contributed by atoms with E-state index in [1.54, 1.807) is 24.8 Å². The molecule has 0 saturated heterocycles. The summed E-state index contributed by atoms with van der Waals surface area (Å²) < 4.78 is 5.85. The molecule has 0 bridgehead atoms. The smallest absolute Gasteiger partial charge is 0.260 e. The number of fused-ring (bicyclic) bond motifs is 1. The first kappa shape index (κ1) is 21.4. The molecule has 28 heavy (non-hydrogen) atoms. The third-order valence-corrected chi connectivity index (χ3v) is 6.57. The average Bonchev–Trinajstić information content (AvgIpc) is 2.70. The second-order valence-corrected chi connectivity index (χ2v) is 8.91. The summed E-state index contributed by atoms with van der Waals surface area (Å²) in [6.07, 6.45) is 4.22. The second kappa shape index (κ2) is 10.4. The van der Waals surface area contributed by atoms with Crippen molar-refractivity contribution in [2.24, 2.45) is 0 Å². The van der Waals surface area contributed by atoms with Gasteiger partial charge in [-0.2, -0.15) is 11.8 Å². The van der Waals surface area contributed by atoms with E-state index in [1.165, 1.54) is 24.0 Å². The maximum Gasteiger partial charge on any atom is 0.260 e. The van der Waals surface area contributed by atoms with E-state index in [0.717, 1.165) is 35.7 Å². The Balaban J connectivity index is 1.38. The highest BCUT2D eigenvalue weighted by Crippen LogP contribution is 2.26. The van der Waals surface area contributed by atoms with Crippen LogP contribution in [0.15, 0.2) is 36.4 Å². The number of hydrogen-bond donors (Lipinski definition) is 1. The summed E-state index contributed by atoms with van der Waals surface area (Å²) in [6.45, 7) is 2.39. The Labute approximate surface area is 181 Å². The second-order valence-electron chi connectivity index (χ2n) is 6.99. The highest BCUT2D eigenvalue weighted by Gasteiger charge is 2.16. The molecule has 2 aromatic rings. The number of hydrogen-bond acceptors (Lipinski definition) is 3. The zero-order valence-electron chi connectivity index (χ0n) is 16.0. The molecule has 0 fully saturated rings. The highest BCUT2D eigenvalue weighted by atomic mass is 35.5. The summed E-state index contributed by atoms with van der Waals surface area (Å²) in [5.74, 6) is 2.33. The lowest BCUT2D eigenvalue weighted by Crippen LogP contribution is -2.37. The van der Waals surface area contributed by atoms with E-state index >= 15 is 0 Å². The van der Waals surface area contributed by atoms with Crippen LogP contribution in [-0.4, -0.2) is 24.3 Å². The van der Waals surface area contributed by atoms with Crippen LogP contribution in [0.3, 0.4) is 0 Å². The molecular formula is C22H25Cl2NO2S. The van der Waals surface area contributed by atoms with Crippen molar-refractivity contribution in [1.29, 1.82) is 0 Å². The van der Waals surface area contributed by atoms with E-state index in [2.05, 4.69) is 17.4 Å². The minimum Gasteiger partial charge on any atom is -0.481 e. The van der Waals surface area contributed by atoms with Gasteiger partial charge in [0.15, 0.2) is 6.10 Å². The molecular weight excluding hydrogens is 413 g/mol. The summed E-state index contributed by atoms with van der Waals surface area (Å²) in [5, 5.41) is 4.08. The number of thioether (sulfide) groups is 1. The van der Waals surface area contributed by atoms with Crippen LogP contribution in [0.4, 0.5) is 0 Å². The van der Waals surface area contributed by atoms with E-state index in [9.17, 15) is 4.79 Å². The first-order valence-corrected chi connectivity index (χ1v) is 11.5. The van der Waals surface area contributed by atoms with Crippen LogP contribution < -0.4 is 10.1 Å². The van der Waals surface area contributed by atoms with E-state index < -0.39 is 6.10 Å². The number of carbonyl (C=O) groups is 1. The number of benzene rings is 2. The number of carbonyl (C=O) groups excluding carboxylic acids is 1. The molecule has 0 heterocycles. The molecule has 0 saturated carbocycles. The van der Waals surface area contributed by atoms with Gasteiger partial charge < -0.3 is 10.1 Å². The van der Waals surface area contributed by atoms with Crippen molar-refractivity contribution in [2.45, 2.75) is 44.5 Å². The predicted octanol–water partition coefficient (Wildman–Crippen LogP) is 5.69. The number of ether oxygens (including phenoxy) is 1. The Hall–Kier alpha value is -1.36. The van der Waals surface area contributed by atoms with Gasteiger partial charge in [-0.3, -0.25) is 4.79 Å². The molecule has 150 valence electrons. The Kier molecular flexibility index (Phi) is 7.95. The number of rotatable bonds is 8. The molecule has 0 aromatic heterocycles. The van der Waals surface area contributed by atoms with Gasteiger partial charge in [0.2, 0.25) is 0 Å². The Morgan fingerprint density at radius 1 is 1.11 bits per heavy atom. The standard InChI is InChI=1S/C22H25Cl2NO2S/c1-15(27-19-8-7-17-4-2-3-5-18(17)13-19)22(26)25-10-11-28-14-16-6-9-20(23)21(24)12-16/h6-9,12-13,15H,2-5,10-11,14H2,1H3,(H,25,26)/t15-/m0/s1. The van der Waals surface area contributed by atoms with Crippen molar-refractivity contribution in [3.63, 3.8) is 0 Å². The molecule has 1 atom stereocenters. The van der Waals surface area contributed by atoms with Gasteiger partial charge >= 0.3 is 0 Å². The maximum absolute atomic E-state index is 12.3. The molecule has 0 aliphatic heterocycles. The van der Waals surface area contributed by atoms with Crippen LogP contribution >= 0.6 is 35.0 Å². The minimum atomic E-state index is -0.512. The Bertz CT molecular complexity index is 828. The Morgan fingerprint density at radius 2 is 1.89 bits per heavy atom. The van der Waals surface area contributed by atoms with Gasteiger partial charge in [0, 0.05) is 18.1 Å². The highest BCUT2D eigenvalue weighted by molar-refractivity contribution is 7.98. The largest absolute Gasteiger partial charge is 0.481 e. The molecule has 3 rings (SSSR count). The van der Waals surface area contributed by atoms with Crippen molar-refractivity contribution in [3.8, 4) is 5.75 Å². The first-order chi connectivity index (χ1) is 13.5. The van der Waals surface area contributed by atoms with Crippen molar-refractivity contribution in [3.05, 3.63) is 63.1 Å². The van der Waals surface area contributed by atoms with Gasteiger partial charge in [-0.05, 0) is 73.6 Å². The van der Waals surface area contributed by atoms with Crippen LogP contribution in [0.5, 0.6) is 5.75 Å². The summed E-state index contributed by atoms with van der Waals surface area (Å²) in [4.78, 5) is 12.3. The maximum atomic E-state index is 12.3. The fourth-order valence-electron chi connectivity index (χ4n) is 3.25. The number of halogens is 2. The van der Waals surface area contributed by atoms with Crippen molar-refractivity contribution >= 4 is 40.9 Å². The van der Waals surface area contributed by atoms with Crippen molar-refractivity contribution in [2.75, 3.05) is 12.3 Å². The van der Waals surface area contributed by atoms with Gasteiger partial charge in [0.1, 0.15) is 5.75 Å². The molecule has 1 aliphatic rings. The van der Waals surface area contributed by atoms with E-state index in [4.69, 9.17) is 27.9 Å². The van der Waals surface area contributed by atoms with Crippen molar-refractivity contribution in [1.82, 2.24) is 5.32 Å².